The maximum Gasteiger partial charge on any atom is 0.257 e. The third-order valence-corrected chi connectivity index (χ3v) is 7.44. The number of morpholine rings is 1. The number of hydrogen-bond donors (Lipinski definition) is 1. The van der Waals surface area contributed by atoms with Gasteiger partial charge in [-0.15, -0.1) is 11.3 Å². The topological polar surface area (TPSA) is 71.1 Å². The lowest BCUT2D eigenvalue weighted by atomic mass is 10.1. The number of ether oxygens (including phenoxy) is 2. The van der Waals surface area contributed by atoms with E-state index in [-0.39, 0.29) is 17.9 Å². The van der Waals surface area contributed by atoms with E-state index in [1.54, 1.807) is 7.11 Å². The fourth-order valence-electron chi connectivity index (χ4n) is 4.32. The van der Waals surface area contributed by atoms with Crippen molar-refractivity contribution in [1.29, 1.82) is 0 Å². The van der Waals surface area contributed by atoms with Crippen molar-refractivity contribution in [3.8, 4) is 10.4 Å². The summed E-state index contributed by atoms with van der Waals surface area (Å²) in [5, 5.41) is 3.70. The number of carbonyl (C=O) groups excluding carboxylic acids is 2. The van der Waals surface area contributed by atoms with Crippen LogP contribution in [0, 0.1) is 6.92 Å². The highest BCUT2D eigenvalue weighted by Crippen LogP contribution is 2.40. The molecular weight excluding hydrogens is 426 g/mol. The molecule has 0 atom stereocenters. The van der Waals surface area contributed by atoms with Gasteiger partial charge in [-0.25, -0.2) is 0 Å². The number of piperidine rings is 1. The Morgan fingerprint density at radius 1 is 1.12 bits per heavy atom. The second-order valence-electron chi connectivity index (χ2n) is 8.29. The van der Waals surface area contributed by atoms with E-state index >= 15 is 0 Å². The van der Waals surface area contributed by atoms with Gasteiger partial charge in [0.1, 0.15) is 5.00 Å². The predicted octanol–water partition coefficient (Wildman–Crippen LogP) is 3.25. The summed E-state index contributed by atoms with van der Waals surface area (Å²) in [6.07, 6.45) is 2.14. The lowest BCUT2D eigenvalue weighted by Crippen LogP contribution is -2.42. The zero-order valence-corrected chi connectivity index (χ0v) is 19.6. The second kappa shape index (κ2) is 10.6. The van der Waals surface area contributed by atoms with Gasteiger partial charge in [-0.1, -0.05) is 30.3 Å². The molecule has 2 amide bonds. The standard InChI is InChI=1S/C24H31N3O4S/c1-17-21(24(29)27-12-14-31-15-13-27)23(32-22(17)18-6-4-3-5-7-18)25-20(28)16-26-10-8-19(30-2)9-11-26/h3-7,19H,8-16H2,1-2H3,(H,25,28). The van der Waals surface area contributed by atoms with E-state index in [2.05, 4.69) is 10.2 Å². The first-order chi connectivity index (χ1) is 15.6. The van der Waals surface area contributed by atoms with Crippen LogP contribution in [-0.2, 0) is 14.3 Å². The van der Waals surface area contributed by atoms with Gasteiger partial charge in [-0.05, 0) is 30.9 Å². The van der Waals surface area contributed by atoms with Crippen molar-refractivity contribution in [1.82, 2.24) is 9.80 Å². The molecule has 0 aliphatic carbocycles. The minimum absolute atomic E-state index is 0.0413. The molecule has 0 unspecified atom stereocenters. The van der Waals surface area contributed by atoms with Crippen LogP contribution in [0.5, 0.6) is 0 Å². The highest BCUT2D eigenvalue weighted by atomic mass is 32.1. The highest BCUT2D eigenvalue weighted by Gasteiger charge is 2.28. The van der Waals surface area contributed by atoms with Gasteiger partial charge in [0, 0.05) is 38.2 Å². The Morgan fingerprint density at radius 3 is 2.47 bits per heavy atom. The molecule has 0 bridgehead atoms. The zero-order valence-electron chi connectivity index (χ0n) is 18.8. The smallest absolute Gasteiger partial charge is 0.257 e. The van der Waals surface area contributed by atoms with Crippen LogP contribution < -0.4 is 5.32 Å². The van der Waals surface area contributed by atoms with E-state index in [0.717, 1.165) is 41.9 Å². The third kappa shape index (κ3) is 5.20. The number of anilines is 1. The zero-order chi connectivity index (χ0) is 22.5. The molecule has 1 aromatic heterocycles. The fourth-order valence-corrected chi connectivity index (χ4v) is 5.54. The molecule has 172 valence electrons. The molecule has 7 nitrogen and oxygen atoms in total. The number of nitrogens with zero attached hydrogens (tertiary/aromatic N) is 2. The van der Waals surface area contributed by atoms with Crippen molar-refractivity contribution in [3.63, 3.8) is 0 Å². The van der Waals surface area contributed by atoms with Crippen LogP contribution in [0.1, 0.15) is 28.8 Å². The summed E-state index contributed by atoms with van der Waals surface area (Å²) in [6, 6.07) is 10.0. The first kappa shape index (κ1) is 22.9. The Bertz CT molecular complexity index is 932. The van der Waals surface area contributed by atoms with Gasteiger partial charge in [0.05, 0.1) is 31.4 Å². The molecule has 32 heavy (non-hydrogen) atoms. The summed E-state index contributed by atoms with van der Waals surface area (Å²) >= 11 is 1.48. The molecule has 2 fully saturated rings. The van der Waals surface area contributed by atoms with E-state index in [1.165, 1.54) is 11.3 Å². The third-order valence-electron chi connectivity index (χ3n) is 6.18. The second-order valence-corrected chi connectivity index (χ2v) is 9.31. The number of nitrogens with one attached hydrogen (secondary N) is 1. The van der Waals surface area contributed by atoms with Crippen LogP contribution in [-0.4, -0.2) is 80.8 Å². The summed E-state index contributed by atoms with van der Waals surface area (Å²) < 4.78 is 10.8. The predicted molar refractivity (Wildman–Crippen MR) is 126 cm³/mol. The van der Waals surface area contributed by atoms with Crippen LogP contribution in [0.25, 0.3) is 10.4 Å². The number of likely N-dealkylation sites (tertiary alicyclic amines) is 1. The summed E-state index contributed by atoms with van der Waals surface area (Å²) in [6.45, 7) is 6.18. The number of hydrogen-bond acceptors (Lipinski definition) is 6. The van der Waals surface area contributed by atoms with Crippen molar-refractivity contribution in [3.05, 3.63) is 41.5 Å². The Balaban J connectivity index is 1.55. The number of rotatable bonds is 6. The quantitative estimate of drug-likeness (QED) is 0.721. The van der Waals surface area contributed by atoms with E-state index in [4.69, 9.17) is 9.47 Å². The average Bonchev–Trinajstić information content (AvgIpc) is 3.15. The van der Waals surface area contributed by atoms with E-state index in [1.807, 2.05) is 42.2 Å². The molecule has 1 N–H and O–H groups in total. The first-order valence-corrected chi connectivity index (χ1v) is 12.0. The van der Waals surface area contributed by atoms with Crippen LogP contribution in [0.15, 0.2) is 30.3 Å². The van der Waals surface area contributed by atoms with Gasteiger partial charge in [0.15, 0.2) is 0 Å². The molecule has 2 aliphatic rings. The normalized spacial score (nSPS) is 18.0. The highest BCUT2D eigenvalue weighted by molar-refractivity contribution is 7.20. The van der Waals surface area contributed by atoms with E-state index < -0.39 is 0 Å². The Morgan fingerprint density at radius 2 is 1.81 bits per heavy atom. The largest absolute Gasteiger partial charge is 0.381 e. The number of benzene rings is 1. The van der Waals surface area contributed by atoms with Crippen molar-refractivity contribution in [2.45, 2.75) is 25.9 Å². The number of amides is 2. The van der Waals surface area contributed by atoms with Gasteiger partial charge < -0.3 is 19.7 Å². The maximum absolute atomic E-state index is 13.4. The maximum atomic E-state index is 13.4. The van der Waals surface area contributed by atoms with Gasteiger partial charge in [0.2, 0.25) is 5.91 Å². The molecule has 0 spiro atoms. The molecule has 3 heterocycles. The first-order valence-electron chi connectivity index (χ1n) is 11.2. The molecule has 8 heteroatoms. The number of thiophene rings is 1. The van der Waals surface area contributed by atoms with Crippen LogP contribution >= 0.6 is 11.3 Å². The molecule has 2 aromatic rings. The Labute approximate surface area is 193 Å². The van der Waals surface area contributed by atoms with E-state index in [0.29, 0.717) is 43.4 Å². The van der Waals surface area contributed by atoms with Crippen molar-refractivity contribution >= 4 is 28.2 Å². The van der Waals surface area contributed by atoms with Crippen molar-refractivity contribution in [2.24, 2.45) is 0 Å². The number of carbonyl (C=O) groups is 2. The van der Waals surface area contributed by atoms with Crippen LogP contribution in [0.4, 0.5) is 5.00 Å². The lowest BCUT2D eigenvalue weighted by Gasteiger charge is -2.30. The van der Waals surface area contributed by atoms with Gasteiger partial charge >= 0.3 is 0 Å². The van der Waals surface area contributed by atoms with Crippen LogP contribution in [0.3, 0.4) is 0 Å². The molecule has 1 aromatic carbocycles. The molecular formula is C24H31N3O4S. The minimum Gasteiger partial charge on any atom is -0.381 e. The minimum atomic E-state index is -0.0854. The van der Waals surface area contributed by atoms with Crippen molar-refractivity contribution < 1.29 is 19.1 Å². The lowest BCUT2D eigenvalue weighted by molar-refractivity contribution is -0.117. The average molecular weight is 458 g/mol. The molecule has 0 radical (unpaired) electrons. The Kier molecular flexibility index (Phi) is 7.57. The number of methoxy groups -OCH3 is 1. The molecule has 2 saturated heterocycles. The SMILES string of the molecule is COC1CCN(CC(=O)Nc2sc(-c3ccccc3)c(C)c2C(=O)N2CCOCC2)CC1. The monoisotopic (exact) mass is 457 g/mol. The van der Waals surface area contributed by atoms with Crippen molar-refractivity contribution in [2.75, 3.05) is 58.4 Å². The van der Waals surface area contributed by atoms with Gasteiger partial charge in [-0.3, -0.25) is 14.5 Å². The summed E-state index contributed by atoms with van der Waals surface area (Å²) in [5.41, 5.74) is 2.56. The molecule has 0 saturated carbocycles. The molecule has 4 rings (SSSR count). The fraction of sp³-hybridized carbons (Fsp3) is 0.500. The van der Waals surface area contributed by atoms with E-state index in [9.17, 15) is 9.59 Å². The van der Waals surface area contributed by atoms with Gasteiger partial charge in [-0.2, -0.15) is 0 Å². The summed E-state index contributed by atoms with van der Waals surface area (Å²) in [4.78, 5) is 31.3. The van der Waals surface area contributed by atoms with Gasteiger partial charge in [0.25, 0.3) is 5.91 Å². The molecule has 2 aliphatic heterocycles. The Hall–Kier alpha value is -2.26. The van der Waals surface area contributed by atoms with Crippen LogP contribution in [0.2, 0.25) is 0 Å². The summed E-state index contributed by atoms with van der Waals surface area (Å²) in [5.74, 6) is -0.127. The summed E-state index contributed by atoms with van der Waals surface area (Å²) in [7, 11) is 1.74.